The average molecular weight is 366 g/mol. The molecule has 0 spiro atoms. The van der Waals surface area contributed by atoms with E-state index in [0.29, 0.717) is 10.1 Å². The van der Waals surface area contributed by atoms with Crippen molar-refractivity contribution in [1.29, 1.82) is 0 Å². The van der Waals surface area contributed by atoms with Crippen LogP contribution in [0.1, 0.15) is 24.4 Å². The number of halogens is 3. The Morgan fingerprint density at radius 3 is 2.62 bits per heavy atom. The zero-order valence-corrected chi connectivity index (χ0v) is 13.7. The maximum Gasteiger partial charge on any atom is 0.453 e. The van der Waals surface area contributed by atoms with E-state index in [1.54, 1.807) is 31.0 Å². The first-order chi connectivity index (χ1) is 12.2. The van der Waals surface area contributed by atoms with Crippen LogP contribution in [0.5, 0.6) is 0 Å². The van der Waals surface area contributed by atoms with Gasteiger partial charge < -0.3 is 4.90 Å². The van der Waals surface area contributed by atoms with Crippen molar-refractivity contribution < 1.29 is 18.1 Å². The van der Waals surface area contributed by atoms with E-state index in [0.717, 1.165) is 0 Å². The summed E-state index contributed by atoms with van der Waals surface area (Å²) in [4.78, 5) is 12.0. The first-order valence-electron chi connectivity index (χ1n) is 7.45. The summed E-state index contributed by atoms with van der Waals surface area (Å²) in [7, 11) is 1.63. The van der Waals surface area contributed by atoms with Crippen LogP contribution in [-0.4, -0.2) is 31.8 Å². The van der Waals surface area contributed by atoms with E-state index in [4.69, 9.17) is 0 Å². The monoisotopic (exact) mass is 366 g/mol. The Morgan fingerprint density at radius 1 is 1.23 bits per heavy atom. The van der Waals surface area contributed by atoms with Crippen molar-refractivity contribution in [3.8, 4) is 0 Å². The van der Waals surface area contributed by atoms with Crippen molar-refractivity contribution in [1.82, 2.24) is 19.8 Å². The SMILES string of the molecule is C[C@@H](c1cccc([N+](=O)[O-])c1)N(C)c1ccc2nnc(C(F)(F)F)n2n1. The molecule has 0 N–H and O–H groups in total. The number of anilines is 1. The van der Waals surface area contributed by atoms with Crippen LogP contribution in [0.3, 0.4) is 0 Å². The molecule has 0 bridgehead atoms. The van der Waals surface area contributed by atoms with E-state index in [1.165, 1.54) is 24.3 Å². The standard InChI is InChI=1S/C15H13F3N6O2/c1-9(10-4-3-5-11(8-10)24(25)26)22(2)13-7-6-12-19-20-14(15(16,17)18)23(12)21-13/h3-9H,1-2H3/t9-/m0/s1. The highest BCUT2D eigenvalue weighted by Gasteiger charge is 2.37. The predicted molar refractivity (Wildman–Crippen MR) is 85.7 cm³/mol. The lowest BCUT2D eigenvalue weighted by Crippen LogP contribution is -2.24. The Balaban J connectivity index is 1.97. The number of aromatic nitrogens is 4. The second-order valence-corrected chi connectivity index (χ2v) is 5.62. The van der Waals surface area contributed by atoms with E-state index in [-0.39, 0.29) is 23.2 Å². The number of non-ortho nitro benzene ring substituents is 1. The molecule has 0 unspecified atom stereocenters. The number of nitro groups is 1. The first kappa shape index (κ1) is 17.6. The molecule has 2 aromatic heterocycles. The van der Waals surface area contributed by atoms with Crippen LogP contribution in [0.2, 0.25) is 0 Å². The van der Waals surface area contributed by atoms with Crippen molar-refractivity contribution in [3.63, 3.8) is 0 Å². The summed E-state index contributed by atoms with van der Waals surface area (Å²) in [5.41, 5.74) is 0.533. The van der Waals surface area contributed by atoms with Crippen LogP contribution < -0.4 is 4.90 Å². The molecule has 0 radical (unpaired) electrons. The fraction of sp³-hybridized carbons (Fsp3) is 0.267. The van der Waals surface area contributed by atoms with Gasteiger partial charge in [-0.2, -0.15) is 17.7 Å². The normalized spacial score (nSPS) is 13.0. The number of nitrogens with zero attached hydrogens (tertiary/aromatic N) is 6. The molecule has 0 saturated heterocycles. The summed E-state index contributed by atoms with van der Waals surface area (Å²) < 4.78 is 39.6. The molecule has 2 heterocycles. The third-order valence-corrected chi connectivity index (χ3v) is 4.01. The fourth-order valence-corrected chi connectivity index (χ4v) is 2.46. The second-order valence-electron chi connectivity index (χ2n) is 5.62. The van der Waals surface area contributed by atoms with Gasteiger partial charge in [0, 0.05) is 19.2 Å². The van der Waals surface area contributed by atoms with Crippen molar-refractivity contribution in [2.24, 2.45) is 0 Å². The van der Waals surface area contributed by atoms with Crippen LogP contribution in [0.25, 0.3) is 5.65 Å². The van der Waals surface area contributed by atoms with Crippen LogP contribution >= 0.6 is 0 Å². The first-order valence-corrected chi connectivity index (χ1v) is 7.45. The molecule has 11 heteroatoms. The molecule has 3 rings (SSSR count). The largest absolute Gasteiger partial charge is 0.453 e. The number of rotatable bonds is 4. The maximum atomic E-state index is 13.0. The molecule has 0 aliphatic rings. The van der Waals surface area contributed by atoms with E-state index in [9.17, 15) is 23.3 Å². The highest BCUT2D eigenvalue weighted by molar-refractivity contribution is 5.48. The highest BCUT2D eigenvalue weighted by atomic mass is 19.4. The maximum absolute atomic E-state index is 13.0. The smallest absolute Gasteiger partial charge is 0.351 e. The lowest BCUT2D eigenvalue weighted by atomic mass is 10.1. The van der Waals surface area contributed by atoms with Crippen LogP contribution in [0.15, 0.2) is 36.4 Å². The second kappa shape index (κ2) is 6.24. The minimum Gasteiger partial charge on any atom is -0.351 e. The Labute approximate surface area is 145 Å². The molecule has 0 fully saturated rings. The van der Waals surface area contributed by atoms with Crippen molar-refractivity contribution in [3.05, 3.63) is 57.9 Å². The lowest BCUT2D eigenvalue weighted by Gasteiger charge is -2.26. The van der Waals surface area contributed by atoms with E-state index >= 15 is 0 Å². The summed E-state index contributed by atoms with van der Waals surface area (Å²) in [6.45, 7) is 1.77. The molecule has 0 aliphatic carbocycles. The summed E-state index contributed by atoms with van der Waals surface area (Å²) >= 11 is 0. The fourth-order valence-electron chi connectivity index (χ4n) is 2.46. The molecular formula is C15H13F3N6O2. The minimum absolute atomic E-state index is 0.0301. The Kier molecular flexibility index (Phi) is 4.22. The molecule has 26 heavy (non-hydrogen) atoms. The average Bonchev–Trinajstić information content (AvgIpc) is 3.04. The van der Waals surface area contributed by atoms with Crippen LogP contribution in [-0.2, 0) is 6.18 Å². The number of benzene rings is 1. The summed E-state index contributed by atoms with van der Waals surface area (Å²) in [6.07, 6.45) is -4.69. The quantitative estimate of drug-likeness (QED) is 0.520. The van der Waals surface area contributed by atoms with Gasteiger partial charge in [0.1, 0.15) is 5.82 Å². The summed E-state index contributed by atoms with van der Waals surface area (Å²) in [6, 6.07) is 8.56. The van der Waals surface area contributed by atoms with E-state index < -0.39 is 16.9 Å². The molecule has 1 atom stereocenters. The highest BCUT2D eigenvalue weighted by Crippen LogP contribution is 2.29. The molecular weight excluding hydrogens is 353 g/mol. The molecule has 0 amide bonds. The van der Waals surface area contributed by atoms with Gasteiger partial charge in [0.05, 0.1) is 11.0 Å². The zero-order valence-electron chi connectivity index (χ0n) is 13.7. The van der Waals surface area contributed by atoms with Crippen molar-refractivity contribution in [2.75, 3.05) is 11.9 Å². The zero-order chi connectivity index (χ0) is 19.1. The van der Waals surface area contributed by atoms with Gasteiger partial charge in [0.25, 0.3) is 11.5 Å². The minimum atomic E-state index is -4.69. The lowest BCUT2D eigenvalue weighted by molar-refractivity contribution is -0.384. The third-order valence-electron chi connectivity index (χ3n) is 4.01. The number of nitro benzene ring substituents is 1. The molecule has 8 nitrogen and oxygen atoms in total. The van der Waals surface area contributed by atoms with Crippen LogP contribution in [0.4, 0.5) is 24.7 Å². The van der Waals surface area contributed by atoms with Gasteiger partial charge in [-0.25, -0.2) is 0 Å². The van der Waals surface area contributed by atoms with Gasteiger partial charge in [-0.15, -0.1) is 15.3 Å². The van der Waals surface area contributed by atoms with Gasteiger partial charge in [-0.1, -0.05) is 12.1 Å². The van der Waals surface area contributed by atoms with E-state index in [2.05, 4.69) is 15.3 Å². The Morgan fingerprint density at radius 2 is 1.96 bits per heavy atom. The molecule has 1 aromatic carbocycles. The van der Waals surface area contributed by atoms with Crippen LogP contribution in [0, 0.1) is 10.1 Å². The van der Waals surface area contributed by atoms with Gasteiger partial charge >= 0.3 is 6.18 Å². The Hall–Kier alpha value is -3.24. The predicted octanol–water partition coefficient (Wildman–Crippen LogP) is 3.25. The van der Waals surface area contributed by atoms with Crippen molar-refractivity contribution in [2.45, 2.75) is 19.1 Å². The van der Waals surface area contributed by atoms with Gasteiger partial charge in [0.2, 0.25) is 0 Å². The topological polar surface area (TPSA) is 89.5 Å². The van der Waals surface area contributed by atoms with Gasteiger partial charge in [-0.05, 0) is 24.6 Å². The number of alkyl halides is 3. The summed E-state index contributed by atoms with van der Waals surface area (Å²) in [5.74, 6) is -0.979. The number of hydrogen-bond donors (Lipinski definition) is 0. The molecule has 0 aliphatic heterocycles. The summed E-state index contributed by atoms with van der Waals surface area (Å²) in [5, 5.41) is 21.5. The Bertz CT molecular complexity index is 971. The molecule has 136 valence electrons. The van der Waals surface area contributed by atoms with E-state index in [1.807, 2.05) is 0 Å². The number of fused-ring (bicyclic) bond motifs is 1. The van der Waals surface area contributed by atoms with Crippen molar-refractivity contribution >= 4 is 17.2 Å². The molecule has 3 aromatic rings. The van der Waals surface area contributed by atoms with Gasteiger partial charge in [-0.3, -0.25) is 10.1 Å². The molecule has 0 saturated carbocycles. The third kappa shape index (κ3) is 3.15. The van der Waals surface area contributed by atoms with Gasteiger partial charge in [0.15, 0.2) is 5.65 Å². The number of hydrogen-bond acceptors (Lipinski definition) is 6.